The maximum absolute atomic E-state index is 11.2. The number of carbonyl (C=O) groups is 1. The molecule has 6 heteroatoms. The summed E-state index contributed by atoms with van der Waals surface area (Å²) >= 11 is 1.29. The number of aromatic nitrogens is 1. The summed E-state index contributed by atoms with van der Waals surface area (Å²) in [5.41, 5.74) is 3.35. The van der Waals surface area contributed by atoms with Gasteiger partial charge in [0.2, 0.25) is 0 Å². The van der Waals surface area contributed by atoms with Gasteiger partial charge in [0.15, 0.2) is 5.13 Å². The van der Waals surface area contributed by atoms with Gasteiger partial charge in [0, 0.05) is 6.54 Å². The lowest BCUT2D eigenvalue weighted by molar-refractivity contribution is 0.0957. The summed E-state index contributed by atoms with van der Waals surface area (Å²) in [6.07, 6.45) is 2.43. The molecule has 2 rings (SSSR count). The smallest absolute Gasteiger partial charge is 0.276 e. The van der Waals surface area contributed by atoms with E-state index in [2.05, 4.69) is 27.9 Å². The number of benzene rings is 1. The Labute approximate surface area is 109 Å². The molecule has 0 aliphatic carbocycles. The molecular formula is C12H14N4OS. The van der Waals surface area contributed by atoms with Crippen molar-refractivity contribution in [1.82, 2.24) is 10.4 Å². The molecule has 0 atom stereocenters. The molecule has 0 spiro atoms. The summed E-state index contributed by atoms with van der Waals surface area (Å²) in [4.78, 5) is 15.8. The fourth-order valence-corrected chi connectivity index (χ4v) is 2.24. The Bertz CT molecular complexity index is 512. The van der Waals surface area contributed by atoms with Crippen molar-refractivity contribution in [2.75, 3.05) is 11.9 Å². The van der Waals surface area contributed by atoms with Gasteiger partial charge in [-0.15, -0.1) is 0 Å². The zero-order chi connectivity index (χ0) is 12.8. The van der Waals surface area contributed by atoms with Gasteiger partial charge in [-0.2, -0.15) is 0 Å². The van der Waals surface area contributed by atoms with Gasteiger partial charge < -0.3 is 5.32 Å². The van der Waals surface area contributed by atoms with Gasteiger partial charge >= 0.3 is 0 Å². The second kappa shape index (κ2) is 6.13. The lowest BCUT2D eigenvalue weighted by atomic mass is 10.2. The molecule has 0 aliphatic rings. The zero-order valence-electron chi connectivity index (χ0n) is 9.72. The van der Waals surface area contributed by atoms with Crippen molar-refractivity contribution in [3.8, 4) is 0 Å². The first-order valence-electron chi connectivity index (χ1n) is 5.54. The van der Waals surface area contributed by atoms with Crippen LogP contribution in [0.25, 0.3) is 0 Å². The third kappa shape index (κ3) is 3.28. The van der Waals surface area contributed by atoms with E-state index in [9.17, 15) is 4.79 Å². The molecule has 2 aromatic rings. The van der Waals surface area contributed by atoms with Crippen LogP contribution in [0.3, 0.4) is 0 Å². The highest BCUT2D eigenvalue weighted by molar-refractivity contribution is 7.17. The van der Waals surface area contributed by atoms with Gasteiger partial charge in [-0.3, -0.25) is 10.2 Å². The maximum atomic E-state index is 11.2. The van der Waals surface area contributed by atoms with E-state index in [1.165, 1.54) is 23.1 Å². The molecule has 0 saturated carbocycles. The Morgan fingerprint density at radius 1 is 1.33 bits per heavy atom. The normalized spacial score (nSPS) is 10.1. The fraction of sp³-hybridized carbons (Fsp3) is 0.167. The summed E-state index contributed by atoms with van der Waals surface area (Å²) in [6.45, 7) is 0.779. The molecular weight excluding hydrogens is 248 g/mol. The number of carbonyl (C=O) groups excluding carboxylic acids is 1. The average molecular weight is 262 g/mol. The first-order chi connectivity index (χ1) is 8.79. The van der Waals surface area contributed by atoms with E-state index in [0.717, 1.165) is 18.1 Å². The fourth-order valence-electron chi connectivity index (χ4n) is 1.49. The molecule has 1 heterocycles. The highest BCUT2D eigenvalue weighted by atomic mass is 32.1. The monoisotopic (exact) mass is 262 g/mol. The predicted molar refractivity (Wildman–Crippen MR) is 72.4 cm³/mol. The molecule has 1 amide bonds. The highest BCUT2D eigenvalue weighted by Crippen LogP contribution is 2.17. The first-order valence-corrected chi connectivity index (χ1v) is 6.36. The van der Waals surface area contributed by atoms with Crippen LogP contribution in [-0.2, 0) is 6.42 Å². The molecule has 94 valence electrons. The van der Waals surface area contributed by atoms with Gasteiger partial charge in [0.05, 0.1) is 6.20 Å². The van der Waals surface area contributed by atoms with Crippen molar-refractivity contribution in [1.29, 1.82) is 0 Å². The van der Waals surface area contributed by atoms with Crippen LogP contribution in [0.5, 0.6) is 0 Å². The molecule has 0 unspecified atom stereocenters. The minimum Gasteiger partial charge on any atom is -0.361 e. The number of nitrogen functional groups attached to an aromatic ring is 1. The van der Waals surface area contributed by atoms with E-state index < -0.39 is 0 Å². The van der Waals surface area contributed by atoms with Crippen LogP contribution in [-0.4, -0.2) is 17.4 Å². The molecule has 1 aromatic heterocycles. The van der Waals surface area contributed by atoms with E-state index in [-0.39, 0.29) is 5.91 Å². The number of thiazole rings is 1. The van der Waals surface area contributed by atoms with Crippen molar-refractivity contribution in [3.05, 3.63) is 47.0 Å². The van der Waals surface area contributed by atoms with E-state index >= 15 is 0 Å². The second-order valence-corrected chi connectivity index (χ2v) is 4.70. The van der Waals surface area contributed by atoms with E-state index in [4.69, 9.17) is 5.84 Å². The van der Waals surface area contributed by atoms with Crippen molar-refractivity contribution in [2.45, 2.75) is 6.42 Å². The lowest BCUT2D eigenvalue weighted by Crippen LogP contribution is -2.29. The number of hydrogen-bond acceptors (Lipinski definition) is 5. The predicted octanol–water partition coefficient (Wildman–Crippen LogP) is 1.40. The van der Waals surface area contributed by atoms with Crippen molar-refractivity contribution < 1.29 is 4.79 Å². The van der Waals surface area contributed by atoms with Crippen molar-refractivity contribution in [2.24, 2.45) is 5.84 Å². The number of nitrogens with zero attached hydrogens (tertiary/aromatic N) is 1. The Balaban J connectivity index is 1.84. The van der Waals surface area contributed by atoms with Crippen LogP contribution in [0.1, 0.15) is 15.2 Å². The minimum atomic E-state index is -0.316. The van der Waals surface area contributed by atoms with Gasteiger partial charge in [-0.1, -0.05) is 41.7 Å². The van der Waals surface area contributed by atoms with E-state index in [0.29, 0.717) is 4.88 Å². The summed E-state index contributed by atoms with van der Waals surface area (Å²) in [6, 6.07) is 10.2. The van der Waals surface area contributed by atoms with Crippen LogP contribution in [0.4, 0.5) is 5.13 Å². The zero-order valence-corrected chi connectivity index (χ0v) is 10.5. The van der Waals surface area contributed by atoms with E-state index in [1.807, 2.05) is 18.2 Å². The third-order valence-corrected chi connectivity index (χ3v) is 3.35. The van der Waals surface area contributed by atoms with Crippen LogP contribution < -0.4 is 16.6 Å². The molecule has 4 N–H and O–H groups in total. The van der Waals surface area contributed by atoms with Crippen LogP contribution in [0.15, 0.2) is 36.5 Å². The molecule has 1 aromatic carbocycles. The molecule has 0 bridgehead atoms. The summed E-state index contributed by atoms with van der Waals surface area (Å²) in [7, 11) is 0. The Morgan fingerprint density at radius 3 is 2.83 bits per heavy atom. The van der Waals surface area contributed by atoms with Gasteiger partial charge in [0.1, 0.15) is 4.88 Å². The standard InChI is InChI=1S/C12H14N4OS/c13-16-11(17)10-8-15-12(18-10)14-7-6-9-4-2-1-3-5-9/h1-5,8H,6-7,13H2,(H,14,15)(H,16,17). The number of amides is 1. The van der Waals surface area contributed by atoms with E-state index in [1.54, 1.807) is 0 Å². The molecule has 0 fully saturated rings. The lowest BCUT2D eigenvalue weighted by Gasteiger charge is -2.02. The minimum absolute atomic E-state index is 0.316. The number of rotatable bonds is 5. The van der Waals surface area contributed by atoms with Crippen LogP contribution >= 0.6 is 11.3 Å². The summed E-state index contributed by atoms with van der Waals surface area (Å²) in [5, 5.41) is 3.91. The Kier molecular flexibility index (Phi) is 4.27. The highest BCUT2D eigenvalue weighted by Gasteiger charge is 2.08. The third-order valence-electron chi connectivity index (χ3n) is 2.39. The number of hydrazine groups is 1. The quantitative estimate of drug-likeness (QED) is 0.432. The molecule has 18 heavy (non-hydrogen) atoms. The first kappa shape index (κ1) is 12.5. The number of anilines is 1. The average Bonchev–Trinajstić information content (AvgIpc) is 2.88. The number of nitrogens with one attached hydrogen (secondary N) is 2. The largest absolute Gasteiger partial charge is 0.361 e. The topological polar surface area (TPSA) is 80.0 Å². The SMILES string of the molecule is NNC(=O)c1cnc(NCCc2ccccc2)s1. The van der Waals surface area contributed by atoms with Gasteiger partial charge in [-0.05, 0) is 12.0 Å². The molecule has 0 aliphatic heterocycles. The molecule has 5 nitrogen and oxygen atoms in total. The van der Waals surface area contributed by atoms with Crippen LogP contribution in [0, 0.1) is 0 Å². The summed E-state index contributed by atoms with van der Waals surface area (Å²) in [5.74, 6) is 4.73. The number of nitrogens with two attached hydrogens (primary N) is 1. The van der Waals surface area contributed by atoms with Crippen LogP contribution in [0.2, 0.25) is 0 Å². The van der Waals surface area contributed by atoms with Crippen molar-refractivity contribution in [3.63, 3.8) is 0 Å². The molecule has 0 saturated heterocycles. The number of hydrogen-bond donors (Lipinski definition) is 3. The summed E-state index contributed by atoms with van der Waals surface area (Å²) < 4.78 is 0. The maximum Gasteiger partial charge on any atom is 0.276 e. The van der Waals surface area contributed by atoms with Gasteiger partial charge in [0.25, 0.3) is 5.91 Å². The van der Waals surface area contributed by atoms with Crippen molar-refractivity contribution >= 4 is 22.4 Å². The molecule has 0 radical (unpaired) electrons. The van der Waals surface area contributed by atoms with Gasteiger partial charge in [-0.25, -0.2) is 10.8 Å². The second-order valence-electron chi connectivity index (χ2n) is 3.67. The Morgan fingerprint density at radius 2 is 2.11 bits per heavy atom. The Hall–Kier alpha value is -1.92.